The summed E-state index contributed by atoms with van der Waals surface area (Å²) in [6, 6.07) is 5.28. The third-order valence-corrected chi connectivity index (χ3v) is 3.60. The van der Waals surface area contributed by atoms with Gasteiger partial charge in [-0.2, -0.15) is 0 Å². The van der Waals surface area contributed by atoms with Gasteiger partial charge in [-0.15, -0.1) is 0 Å². The molecule has 1 aromatic heterocycles. The minimum atomic E-state index is -0.413. The molecule has 1 aromatic carbocycles. The number of nitrogens with one attached hydrogen (secondary N) is 1. The number of aromatic nitrogens is 1. The molecule has 6 nitrogen and oxygen atoms in total. The van der Waals surface area contributed by atoms with Crippen LogP contribution in [0.15, 0.2) is 27.4 Å². The Balaban J connectivity index is 1.83. The number of carbonyl (C=O) groups excluding carboxylic acids is 1. The maximum Gasteiger partial charge on any atom is 0.419 e. The fraction of sp³-hybridized carbons (Fsp3) is 0.385. The zero-order valence-electron chi connectivity index (χ0n) is 10.6. The lowest BCUT2D eigenvalue weighted by Crippen LogP contribution is -2.42. The number of hydrogen-bond acceptors (Lipinski definition) is 4. The number of amides is 1. The van der Waals surface area contributed by atoms with Crippen LogP contribution < -0.4 is 16.8 Å². The van der Waals surface area contributed by atoms with Crippen LogP contribution in [0.4, 0.5) is 5.69 Å². The average Bonchev–Trinajstić information content (AvgIpc) is 2.62. The predicted molar refractivity (Wildman–Crippen MR) is 70.8 cm³/mol. The summed E-state index contributed by atoms with van der Waals surface area (Å²) < 4.78 is 6.44. The molecule has 0 spiro atoms. The number of nitrogens with two attached hydrogens (primary N) is 1. The summed E-state index contributed by atoms with van der Waals surface area (Å²) >= 11 is 0. The number of fused-ring (bicyclic) bond motifs is 1. The normalized spacial score (nSPS) is 22.2. The van der Waals surface area contributed by atoms with Crippen molar-refractivity contribution in [3.8, 4) is 0 Å². The molecule has 3 N–H and O–H groups in total. The zero-order valence-corrected chi connectivity index (χ0v) is 10.6. The van der Waals surface area contributed by atoms with Crippen molar-refractivity contribution in [3.05, 3.63) is 28.7 Å². The van der Waals surface area contributed by atoms with Crippen molar-refractivity contribution >= 4 is 22.7 Å². The number of oxazole rings is 1. The summed E-state index contributed by atoms with van der Waals surface area (Å²) in [4.78, 5) is 23.3. The molecule has 1 aliphatic carbocycles. The van der Waals surface area contributed by atoms with E-state index in [9.17, 15) is 9.59 Å². The molecule has 3 rings (SSSR count). The van der Waals surface area contributed by atoms with E-state index in [1.54, 1.807) is 25.2 Å². The van der Waals surface area contributed by atoms with Gasteiger partial charge in [-0.25, -0.2) is 4.79 Å². The highest BCUT2D eigenvalue weighted by atomic mass is 16.4. The summed E-state index contributed by atoms with van der Waals surface area (Å²) in [5.41, 5.74) is 7.50. The van der Waals surface area contributed by atoms with Crippen LogP contribution in [0.5, 0.6) is 0 Å². The number of nitrogens with zero attached hydrogens (tertiary/aromatic N) is 1. The second-order valence-electron chi connectivity index (χ2n) is 5.03. The van der Waals surface area contributed by atoms with Crippen molar-refractivity contribution in [1.29, 1.82) is 0 Å². The SMILES string of the molecule is Cn1c(=O)oc2ccc(NC(=O)C3CC(N)C3)cc21. The number of aryl methyl sites for hydroxylation is 1. The number of carbonyl (C=O) groups is 1. The predicted octanol–water partition coefficient (Wildman–Crippen LogP) is 0.807. The summed E-state index contributed by atoms with van der Waals surface area (Å²) in [5, 5.41) is 2.84. The van der Waals surface area contributed by atoms with Crippen molar-refractivity contribution in [2.24, 2.45) is 18.7 Å². The van der Waals surface area contributed by atoms with E-state index in [2.05, 4.69) is 5.32 Å². The van der Waals surface area contributed by atoms with E-state index in [1.165, 1.54) is 4.57 Å². The van der Waals surface area contributed by atoms with Gasteiger partial charge in [-0.05, 0) is 31.0 Å². The Morgan fingerprint density at radius 1 is 1.47 bits per heavy atom. The Morgan fingerprint density at radius 3 is 2.89 bits per heavy atom. The Hall–Kier alpha value is -2.08. The summed E-state index contributed by atoms with van der Waals surface area (Å²) in [5.74, 6) is -0.433. The molecule has 19 heavy (non-hydrogen) atoms. The molecule has 1 fully saturated rings. The topological polar surface area (TPSA) is 90.3 Å². The first-order valence-electron chi connectivity index (χ1n) is 6.20. The largest absolute Gasteiger partial charge is 0.419 e. The lowest BCUT2D eigenvalue weighted by molar-refractivity contribution is -0.122. The van der Waals surface area contributed by atoms with Crippen molar-refractivity contribution < 1.29 is 9.21 Å². The van der Waals surface area contributed by atoms with Gasteiger partial charge >= 0.3 is 5.76 Å². The smallest absolute Gasteiger partial charge is 0.408 e. The number of benzene rings is 1. The van der Waals surface area contributed by atoms with E-state index in [0.717, 1.165) is 12.8 Å². The molecular formula is C13H15N3O3. The van der Waals surface area contributed by atoms with Crippen LogP contribution in [0.25, 0.3) is 11.1 Å². The summed E-state index contributed by atoms with van der Waals surface area (Å²) in [7, 11) is 1.63. The van der Waals surface area contributed by atoms with Crippen molar-refractivity contribution in [2.45, 2.75) is 18.9 Å². The van der Waals surface area contributed by atoms with Crippen LogP contribution in [0, 0.1) is 5.92 Å². The van der Waals surface area contributed by atoms with Gasteiger partial charge in [0, 0.05) is 24.7 Å². The fourth-order valence-electron chi connectivity index (χ4n) is 2.32. The third kappa shape index (κ3) is 2.04. The second kappa shape index (κ2) is 4.24. The minimum Gasteiger partial charge on any atom is -0.408 e. The molecule has 1 heterocycles. The molecule has 1 saturated carbocycles. The van der Waals surface area contributed by atoms with Crippen LogP contribution in [0.2, 0.25) is 0 Å². The molecule has 0 aliphatic heterocycles. The van der Waals surface area contributed by atoms with Gasteiger partial charge in [0.15, 0.2) is 5.58 Å². The zero-order chi connectivity index (χ0) is 13.6. The van der Waals surface area contributed by atoms with Gasteiger partial charge in [0.05, 0.1) is 5.52 Å². The van der Waals surface area contributed by atoms with Crippen LogP contribution in [0.3, 0.4) is 0 Å². The van der Waals surface area contributed by atoms with Gasteiger partial charge in [-0.1, -0.05) is 0 Å². The first-order valence-corrected chi connectivity index (χ1v) is 6.20. The maximum atomic E-state index is 11.9. The fourth-order valence-corrected chi connectivity index (χ4v) is 2.32. The molecule has 6 heteroatoms. The first-order chi connectivity index (χ1) is 9.04. The molecule has 100 valence electrons. The number of rotatable bonds is 2. The van der Waals surface area contributed by atoms with Crippen LogP contribution in [0.1, 0.15) is 12.8 Å². The van der Waals surface area contributed by atoms with Crippen molar-refractivity contribution in [2.75, 3.05) is 5.32 Å². The second-order valence-corrected chi connectivity index (χ2v) is 5.03. The third-order valence-electron chi connectivity index (χ3n) is 3.60. The van der Waals surface area contributed by atoms with E-state index < -0.39 is 5.76 Å². The minimum absolute atomic E-state index is 0.00105. The van der Waals surface area contributed by atoms with Crippen molar-refractivity contribution in [3.63, 3.8) is 0 Å². The molecule has 0 radical (unpaired) electrons. The lowest BCUT2D eigenvalue weighted by Gasteiger charge is -2.31. The van der Waals surface area contributed by atoms with Crippen LogP contribution in [-0.4, -0.2) is 16.5 Å². The molecule has 0 atom stereocenters. The molecule has 2 aromatic rings. The highest BCUT2D eigenvalue weighted by molar-refractivity contribution is 5.94. The van der Waals surface area contributed by atoms with E-state index in [4.69, 9.17) is 10.2 Å². The van der Waals surface area contributed by atoms with Crippen LogP contribution >= 0.6 is 0 Å². The highest BCUT2D eigenvalue weighted by Gasteiger charge is 2.31. The summed E-state index contributed by atoms with van der Waals surface area (Å²) in [6.45, 7) is 0. The van der Waals surface area contributed by atoms with Gasteiger partial charge in [0.1, 0.15) is 0 Å². The van der Waals surface area contributed by atoms with E-state index in [0.29, 0.717) is 16.8 Å². The molecule has 0 unspecified atom stereocenters. The monoisotopic (exact) mass is 261 g/mol. The highest BCUT2D eigenvalue weighted by Crippen LogP contribution is 2.27. The van der Waals surface area contributed by atoms with E-state index in [-0.39, 0.29) is 17.9 Å². The Kier molecular flexibility index (Phi) is 2.67. The van der Waals surface area contributed by atoms with E-state index >= 15 is 0 Å². The molecule has 1 amide bonds. The van der Waals surface area contributed by atoms with Gasteiger partial charge in [0.2, 0.25) is 5.91 Å². The number of hydrogen-bond donors (Lipinski definition) is 2. The van der Waals surface area contributed by atoms with Gasteiger partial charge in [0.25, 0.3) is 0 Å². The quantitative estimate of drug-likeness (QED) is 0.837. The Labute approximate surface area is 109 Å². The first kappa shape index (κ1) is 12.0. The van der Waals surface area contributed by atoms with Crippen LogP contribution in [-0.2, 0) is 11.8 Å². The standard InChI is InChI=1S/C13H15N3O3/c1-16-10-6-9(2-3-11(10)19-13(16)18)15-12(17)7-4-8(14)5-7/h2-3,6-8H,4-5,14H2,1H3,(H,15,17). The molecule has 1 aliphatic rings. The van der Waals surface area contributed by atoms with Gasteiger partial charge < -0.3 is 15.5 Å². The molecule has 0 bridgehead atoms. The van der Waals surface area contributed by atoms with Crippen molar-refractivity contribution in [1.82, 2.24) is 4.57 Å². The number of anilines is 1. The lowest BCUT2D eigenvalue weighted by atomic mass is 9.80. The van der Waals surface area contributed by atoms with Gasteiger partial charge in [-0.3, -0.25) is 9.36 Å². The average molecular weight is 261 g/mol. The molecular weight excluding hydrogens is 246 g/mol. The Bertz CT molecular complexity index is 695. The maximum absolute atomic E-state index is 11.9. The summed E-state index contributed by atoms with van der Waals surface area (Å²) in [6.07, 6.45) is 1.47. The van der Waals surface area contributed by atoms with E-state index in [1.807, 2.05) is 0 Å². The molecule has 0 saturated heterocycles. The Morgan fingerprint density at radius 2 is 2.21 bits per heavy atom.